The Morgan fingerprint density at radius 1 is 1.29 bits per heavy atom. The number of benzene rings is 1. The molecular weight excluding hydrogens is 326 g/mol. The number of carbonyl (C=O) groups is 3. The lowest BCUT2D eigenvalue weighted by Gasteiger charge is -2.08. The van der Waals surface area contributed by atoms with E-state index in [4.69, 9.17) is 5.73 Å². The van der Waals surface area contributed by atoms with Crippen LogP contribution in [0, 0.1) is 0 Å². The van der Waals surface area contributed by atoms with Gasteiger partial charge in [-0.05, 0) is 30.3 Å². The molecule has 1 aromatic heterocycles. The summed E-state index contributed by atoms with van der Waals surface area (Å²) < 4.78 is 2.13. The molecule has 6 nitrogen and oxygen atoms in total. The zero-order valence-electron chi connectivity index (χ0n) is 13.2. The standard InChI is InChI=1S/C17H17N3O3S/c1-2-7-19-9-11(12-5-3-4-6-13(12)19)8-14-16(22)20(10-15(18)21)17(23)24-14/h3-6,8-9H,2,7,10H2,1H3,(H2,18,21)/b14-8-. The Balaban J connectivity index is 2.00. The highest BCUT2D eigenvalue weighted by atomic mass is 32.2. The minimum absolute atomic E-state index is 0.306. The maximum atomic E-state index is 12.3. The maximum absolute atomic E-state index is 12.3. The molecule has 0 radical (unpaired) electrons. The maximum Gasteiger partial charge on any atom is 0.294 e. The lowest BCUT2D eigenvalue weighted by atomic mass is 10.1. The number of fused-ring (bicyclic) bond motifs is 1. The molecule has 2 N–H and O–H groups in total. The summed E-state index contributed by atoms with van der Waals surface area (Å²) in [5, 5.41) is 0.551. The molecule has 24 heavy (non-hydrogen) atoms. The molecule has 0 spiro atoms. The topological polar surface area (TPSA) is 85.4 Å². The zero-order valence-corrected chi connectivity index (χ0v) is 14.0. The SMILES string of the molecule is CCCn1cc(/C=C2\SC(=O)N(CC(N)=O)C2=O)c2ccccc21. The molecule has 2 aromatic rings. The minimum atomic E-state index is -0.710. The van der Waals surface area contributed by atoms with Crippen LogP contribution < -0.4 is 5.73 Å². The first-order valence-electron chi connectivity index (χ1n) is 7.62. The molecule has 1 aliphatic heterocycles. The fourth-order valence-electron chi connectivity index (χ4n) is 2.75. The molecule has 124 valence electrons. The van der Waals surface area contributed by atoms with Crippen molar-refractivity contribution in [1.82, 2.24) is 9.47 Å². The molecule has 3 amide bonds. The molecule has 3 rings (SSSR count). The van der Waals surface area contributed by atoms with Gasteiger partial charge < -0.3 is 10.3 Å². The summed E-state index contributed by atoms with van der Waals surface area (Å²) in [5.41, 5.74) is 7.05. The van der Waals surface area contributed by atoms with Gasteiger partial charge in [0.2, 0.25) is 5.91 Å². The Kier molecular flexibility index (Phi) is 4.44. The Bertz CT molecular complexity index is 869. The number of para-hydroxylation sites is 1. The van der Waals surface area contributed by atoms with Crippen molar-refractivity contribution in [1.29, 1.82) is 0 Å². The third kappa shape index (κ3) is 2.94. The van der Waals surface area contributed by atoms with Crippen LogP contribution in [-0.2, 0) is 16.1 Å². The van der Waals surface area contributed by atoms with E-state index >= 15 is 0 Å². The van der Waals surface area contributed by atoms with Crippen LogP contribution >= 0.6 is 11.8 Å². The van der Waals surface area contributed by atoms with Crippen molar-refractivity contribution in [3.05, 3.63) is 40.9 Å². The van der Waals surface area contributed by atoms with Gasteiger partial charge in [0.25, 0.3) is 11.1 Å². The van der Waals surface area contributed by atoms with Crippen molar-refractivity contribution < 1.29 is 14.4 Å². The van der Waals surface area contributed by atoms with Crippen molar-refractivity contribution in [3.63, 3.8) is 0 Å². The van der Waals surface area contributed by atoms with E-state index in [1.807, 2.05) is 30.5 Å². The average Bonchev–Trinajstić information content (AvgIpc) is 3.01. The number of carbonyl (C=O) groups excluding carboxylic acids is 3. The van der Waals surface area contributed by atoms with Gasteiger partial charge >= 0.3 is 0 Å². The third-order valence-electron chi connectivity index (χ3n) is 3.76. The number of imide groups is 1. The number of aryl methyl sites for hydroxylation is 1. The van der Waals surface area contributed by atoms with Crippen LogP contribution in [0.2, 0.25) is 0 Å². The van der Waals surface area contributed by atoms with Gasteiger partial charge in [-0.3, -0.25) is 19.3 Å². The molecule has 0 unspecified atom stereocenters. The van der Waals surface area contributed by atoms with Crippen LogP contribution in [0.25, 0.3) is 17.0 Å². The van der Waals surface area contributed by atoms with Crippen molar-refractivity contribution >= 4 is 45.8 Å². The highest BCUT2D eigenvalue weighted by Crippen LogP contribution is 2.33. The first-order chi connectivity index (χ1) is 11.5. The monoisotopic (exact) mass is 343 g/mol. The average molecular weight is 343 g/mol. The first-order valence-corrected chi connectivity index (χ1v) is 8.44. The molecule has 0 atom stereocenters. The van der Waals surface area contributed by atoms with Crippen molar-refractivity contribution in [3.8, 4) is 0 Å². The Morgan fingerprint density at radius 3 is 2.75 bits per heavy atom. The lowest BCUT2D eigenvalue weighted by molar-refractivity contribution is -0.127. The molecule has 0 bridgehead atoms. The summed E-state index contributed by atoms with van der Waals surface area (Å²) in [6, 6.07) is 7.93. The van der Waals surface area contributed by atoms with Gasteiger partial charge in [0.1, 0.15) is 6.54 Å². The second kappa shape index (κ2) is 6.52. The number of primary amides is 1. The minimum Gasteiger partial charge on any atom is -0.368 e. The summed E-state index contributed by atoms with van der Waals surface area (Å²) >= 11 is 0.831. The Morgan fingerprint density at radius 2 is 2.04 bits per heavy atom. The number of nitrogens with zero attached hydrogens (tertiary/aromatic N) is 2. The smallest absolute Gasteiger partial charge is 0.294 e. The Hall–Kier alpha value is -2.54. The van der Waals surface area contributed by atoms with Crippen LogP contribution in [0.15, 0.2) is 35.4 Å². The van der Waals surface area contributed by atoms with Crippen LogP contribution in [-0.4, -0.2) is 33.1 Å². The largest absolute Gasteiger partial charge is 0.368 e. The third-order valence-corrected chi connectivity index (χ3v) is 4.67. The first kappa shape index (κ1) is 16.3. The number of hydrogen-bond donors (Lipinski definition) is 1. The summed E-state index contributed by atoms with van der Waals surface area (Å²) in [6.07, 6.45) is 4.68. The molecule has 1 saturated heterocycles. The highest BCUT2D eigenvalue weighted by molar-refractivity contribution is 8.18. The summed E-state index contributed by atoms with van der Waals surface area (Å²) in [6.45, 7) is 2.58. The summed E-state index contributed by atoms with van der Waals surface area (Å²) in [7, 11) is 0. The molecular formula is C17H17N3O3S. The van der Waals surface area contributed by atoms with Crippen LogP contribution in [0.1, 0.15) is 18.9 Å². The predicted molar refractivity (Wildman–Crippen MR) is 94.1 cm³/mol. The fraction of sp³-hybridized carbons (Fsp3) is 0.235. The van der Waals surface area contributed by atoms with Crippen LogP contribution in [0.3, 0.4) is 0 Å². The van der Waals surface area contributed by atoms with Gasteiger partial charge in [-0.2, -0.15) is 0 Å². The van der Waals surface area contributed by atoms with E-state index in [0.717, 1.165) is 46.1 Å². The molecule has 1 fully saturated rings. The molecule has 0 saturated carbocycles. The predicted octanol–water partition coefficient (Wildman–Crippen LogP) is 2.57. The molecule has 1 aromatic carbocycles. The van der Waals surface area contributed by atoms with Gasteiger partial charge in [0, 0.05) is 29.2 Å². The highest BCUT2D eigenvalue weighted by Gasteiger charge is 2.36. The van der Waals surface area contributed by atoms with Gasteiger partial charge in [-0.25, -0.2) is 0 Å². The zero-order chi connectivity index (χ0) is 17.3. The van der Waals surface area contributed by atoms with E-state index in [1.54, 1.807) is 6.08 Å². The van der Waals surface area contributed by atoms with E-state index in [0.29, 0.717) is 4.91 Å². The quantitative estimate of drug-likeness (QED) is 0.846. The van der Waals surface area contributed by atoms with Crippen molar-refractivity contribution in [2.75, 3.05) is 6.54 Å². The van der Waals surface area contributed by atoms with E-state index in [-0.39, 0.29) is 6.54 Å². The number of amides is 3. The molecule has 7 heteroatoms. The second-order valence-corrected chi connectivity index (χ2v) is 6.52. The molecule has 2 heterocycles. The van der Waals surface area contributed by atoms with Crippen LogP contribution in [0.4, 0.5) is 4.79 Å². The molecule has 0 aliphatic carbocycles. The molecule has 1 aliphatic rings. The lowest BCUT2D eigenvalue weighted by Crippen LogP contribution is -2.36. The Labute approximate surface area is 143 Å². The number of aromatic nitrogens is 1. The summed E-state index contributed by atoms with van der Waals surface area (Å²) in [4.78, 5) is 36.4. The van der Waals surface area contributed by atoms with Gasteiger partial charge in [0.05, 0.1) is 4.91 Å². The van der Waals surface area contributed by atoms with E-state index in [1.165, 1.54) is 0 Å². The van der Waals surface area contributed by atoms with Gasteiger partial charge in [-0.15, -0.1) is 0 Å². The van der Waals surface area contributed by atoms with E-state index in [2.05, 4.69) is 11.5 Å². The normalized spacial score (nSPS) is 16.5. The fourth-order valence-corrected chi connectivity index (χ4v) is 3.58. The van der Waals surface area contributed by atoms with Gasteiger partial charge in [-0.1, -0.05) is 25.1 Å². The van der Waals surface area contributed by atoms with Crippen LogP contribution in [0.5, 0.6) is 0 Å². The number of rotatable bonds is 5. The van der Waals surface area contributed by atoms with E-state index < -0.39 is 17.1 Å². The van der Waals surface area contributed by atoms with Gasteiger partial charge in [0.15, 0.2) is 0 Å². The van der Waals surface area contributed by atoms with Crippen molar-refractivity contribution in [2.45, 2.75) is 19.9 Å². The second-order valence-electron chi connectivity index (χ2n) is 5.53. The number of nitrogens with two attached hydrogens (primary N) is 1. The number of thioether (sulfide) groups is 1. The van der Waals surface area contributed by atoms with Crippen molar-refractivity contribution in [2.24, 2.45) is 5.73 Å². The van der Waals surface area contributed by atoms with E-state index in [9.17, 15) is 14.4 Å². The summed E-state index contributed by atoms with van der Waals surface area (Å²) in [5.74, 6) is -1.19. The number of hydrogen-bond acceptors (Lipinski definition) is 4.